The molecule has 0 aliphatic rings. The number of nitrogens with zero attached hydrogens (tertiary/aromatic N) is 5. The van der Waals surface area contributed by atoms with Gasteiger partial charge in [0, 0.05) is 41.8 Å². The van der Waals surface area contributed by atoms with E-state index in [2.05, 4.69) is 30.2 Å². The highest BCUT2D eigenvalue weighted by molar-refractivity contribution is 6.39. The van der Waals surface area contributed by atoms with E-state index in [1.54, 1.807) is 30.9 Å². The van der Waals surface area contributed by atoms with E-state index in [0.717, 1.165) is 16.6 Å². The van der Waals surface area contributed by atoms with Crippen molar-refractivity contribution in [2.24, 2.45) is 5.73 Å². The van der Waals surface area contributed by atoms with Crippen LogP contribution in [0.5, 0.6) is 5.88 Å². The fraction of sp³-hybridized carbons (Fsp3) is 0.0800. The first-order valence-electron chi connectivity index (χ1n) is 10.6. The number of fused-ring (bicyclic) bond motifs is 1. The van der Waals surface area contributed by atoms with Crippen molar-refractivity contribution in [1.29, 1.82) is 0 Å². The number of hydrogen-bond acceptors (Lipinski definition) is 8. The zero-order chi connectivity index (χ0) is 24.4. The third-order valence-corrected chi connectivity index (χ3v) is 6.22. The Bertz CT molecular complexity index is 1540. The van der Waals surface area contributed by atoms with Crippen LogP contribution in [0.1, 0.15) is 5.69 Å². The predicted octanol–water partition coefficient (Wildman–Crippen LogP) is 5.67. The molecule has 2 aromatic carbocycles. The number of methoxy groups -OCH3 is 1. The Hall–Kier alpha value is -3.85. The van der Waals surface area contributed by atoms with Crippen LogP contribution in [0.4, 0.5) is 11.5 Å². The Balaban J connectivity index is 1.56. The molecule has 0 saturated carbocycles. The van der Waals surface area contributed by atoms with Gasteiger partial charge in [-0.25, -0.2) is 15.0 Å². The van der Waals surface area contributed by atoms with Crippen LogP contribution in [0.25, 0.3) is 33.4 Å². The van der Waals surface area contributed by atoms with Gasteiger partial charge in [0.1, 0.15) is 11.2 Å². The van der Waals surface area contributed by atoms with E-state index in [0.29, 0.717) is 49.9 Å². The number of benzene rings is 2. The van der Waals surface area contributed by atoms with Crippen molar-refractivity contribution in [2.75, 3.05) is 12.4 Å². The minimum absolute atomic E-state index is 0.219. The first-order valence-corrected chi connectivity index (χ1v) is 11.4. The number of anilines is 2. The average Bonchev–Trinajstić information content (AvgIpc) is 2.90. The van der Waals surface area contributed by atoms with E-state index >= 15 is 0 Å². The second-order valence-corrected chi connectivity index (χ2v) is 8.21. The van der Waals surface area contributed by atoms with Crippen molar-refractivity contribution in [1.82, 2.24) is 24.9 Å². The highest BCUT2D eigenvalue weighted by Gasteiger charge is 2.17. The Morgan fingerprint density at radius 3 is 2.40 bits per heavy atom. The number of pyridine rings is 1. The number of ether oxygens (including phenoxy) is 1. The van der Waals surface area contributed by atoms with Gasteiger partial charge < -0.3 is 15.8 Å². The molecule has 0 aliphatic heterocycles. The average molecular weight is 504 g/mol. The minimum Gasteiger partial charge on any atom is -0.480 e. The van der Waals surface area contributed by atoms with Gasteiger partial charge in [0.2, 0.25) is 5.88 Å². The second-order valence-electron chi connectivity index (χ2n) is 7.46. The van der Waals surface area contributed by atoms with E-state index in [-0.39, 0.29) is 6.54 Å². The molecule has 0 spiro atoms. The van der Waals surface area contributed by atoms with Gasteiger partial charge in [-0.3, -0.25) is 9.97 Å². The van der Waals surface area contributed by atoms with Gasteiger partial charge in [0.05, 0.1) is 40.2 Å². The number of nitrogens with two attached hydrogens (primary N) is 1. The lowest BCUT2D eigenvalue weighted by Crippen LogP contribution is -2.05. The molecule has 5 aromatic rings. The molecule has 0 amide bonds. The fourth-order valence-electron chi connectivity index (χ4n) is 3.72. The van der Waals surface area contributed by atoms with Crippen molar-refractivity contribution < 1.29 is 4.74 Å². The number of hydrogen-bond donors (Lipinski definition) is 2. The maximum absolute atomic E-state index is 6.87. The molecule has 174 valence electrons. The van der Waals surface area contributed by atoms with Gasteiger partial charge in [-0.2, -0.15) is 0 Å². The molecule has 0 fully saturated rings. The zero-order valence-corrected chi connectivity index (χ0v) is 20.0. The summed E-state index contributed by atoms with van der Waals surface area (Å²) in [4.78, 5) is 22.0. The van der Waals surface area contributed by atoms with Gasteiger partial charge in [0.15, 0.2) is 5.82 Å². The van der Waals surface area contributed by atoms with E-state index in [1.807, 2.05) is 36.4 Å². The van der Waals surface area contributed by atoms with Crippen LogP contribution in [0, 0.1) is 0 Å². The van der Waals surface area contributed by atoms with E-state index in [1.165, 1.54) is 7.11 Å². The lowest BCUT2D eigenvalue weighted by Gasteiger charge is -2.15. The molecule has 3 aromatic heterocycles. The van der Waals surface area contributed by atoms with Gasteiger partial charge in [0.25, 0.3) is 0 Å². The second kappa shape index (κ2) is 9.79. The minimum atomic E-state index is 0.219. The fourth-order valence-corrected chi connectivity index (χ4v) is 4.32. The van der Waals surface area contributed by atoms with Gasteiger partial charge in [-0.1, -0.05) is 53.5 Å². The van der Waals surface area contributed by atoms with Crippen molar-refractivity contribution in [3.63, 3.8) is 0 Å². The maximum atomic E-state index is 6.87. The topological polar surface area (TPSA) is 112 Å². The zero-order valence-electron chi connectivity index (χ0n) is 18.5. The molecule has 10 heteroatoms. The Kier molecular flexibility index (Phi) is 6.41. The molecular formula is C25H19Cl2N7O. The molecule has 0 aliphatic carbocycles. The summed E-state index contributed by atoms with van der Waals surface area (Å²) in [6, 6.07) is 13.1. The summed E-state index contributed by atoms with van der Waals surface area (Å²) in [6.45, 7) is 0.219. The highest BCUT2D eigenvalue weighted by Crippen LogP contribution is 2.41. The van der Waals surface area contributed by atoms with Crippen LogP contribution in [0.3, 0.4) is 0 Å². The summed E-state index contributed by atoms with van der Waals surface area (Å²) in [5, 5.41) is 4.25. The van der Waals surface area contributed by atoms with E-state index in [4.69, 9.17) is 33.7 Å². The standard InChI is InChI=1S/C25H19Cl2N7O/c1-35-25-19(12-28)32-13-20(34-25)16-6-2-4-14(21(16)26)15-5-3-7-17(22(15)27)33-24-23-18(8-9-31-24)29-10-11-30-23/h2-11,13H,12,28H2,1H3,(H,31,33). The first-order chi connectivity index (χ1) is 17.1. The van der Waals surface area contributed by atoms with E-state index in [9.17, 15) is 0 Å². The summed E-state index contributed by atoms with van der Waals surface area (Å²) in [5.41, 5.74) is 11.1. The van der Waals surface area contributed by atoms with Crippen LogP contribution in [-0.4, -0.2) is 32.0 Å². The van der Waals surface area contributed by atoms with Crippen molar-refractivity contribution in [3.05, 3.63) is 83.0 Å². The SMILES string of the molecule is COc1nc(-c2cccc(-c3cccc(Nc4nccc5nccnc45)c3Cl)c2Cl)cnc1CN. The number of halogens is 2. The largest absolute Gasteiger partial charge is 0.480 e. The van der Waals surface area contributed by atoms with Crippen LogP contribution < -0.4 is 15.8 Å². The third-order valence-electron chi connectivity index (χ3n) is 5.40. The highest BCUT2D eigenvalue weighted by atomic mass is 35.5. The molecule has 3 heterocycles. The molecule has 35 heavy (non-hydrogen) atoms. The molecule has 0 unspecified atom stereocenters. The number of rotatable bonds is 6. The van der Waals surface area contributed by atoms with Crippen LogP contribution in [-0.2, 0) is 6.54 Å². The quantitative estimate of drug-likeness (QED) is 0.305. The van der Waals surface area contributed by atoms with Crippen LogP contribution >= 0.6 is 23.2 Å². The summed E-state index contributed by atoms with van der Waals surface area (Å²) in [5.74, 6) is 0.915. The van der Waals surface area contributed by atoms with Crippen LogP contribution in [0.2, 0.25) is 10.0 Å². The lowest BCUT2D eigenvalue weighted by molar-refractivity contribution is 0.390. The monoisotopic (exact) mass is 503 g/mol. The Morgan fingerprint density at radius 2 is 1.60 bits per heavy atom. The van der Waals surface area contributed by atoms with Gasteiger partial charge in [-0.15, -0.1) is 0 Å². The van der Waals surface area contributed by atoms with Gasteiger partial charge >= 0.3 is 0 Å². The maximum Gasteiger partial charge on any atom is 0.237 e. The van der Waals surface area contributed by atoms with Gasteiger partial charge in [-0.05, 0) is 12.1 Å². The van der Waals surface area contributed by atoms with Crippen molar-refractivity contribution >= 4 is 45.7 Å². The van der Waals surface area contributed by atoms with Crippen molar-refractivity contribution in [2.45, 2.75) is 6.54 Å². The Morgan fingerprint density at radius 1 is 0.857 bits per heavy atom. The molecule has 0 atom stereocenters. The summed E-state index contributed by atoms with van der Waals surface area (Å²) in [7, 11) is 1.53. The molecular weight excluding hydrogens is 485 g/mol. The molecule has 0 saturated heterocycles. The van der Waals surface area contributed by atoms with Crippen molar-refractivity contribution in [3.8, 4) is 28.3 Å². The number of nitrogens with one attached hydrogen (secondary N) is 1. The number of aromatic nitrogens is 5. The third kappa shape index (κ3) is 4.35. The predicted molar refractivity (Wildman–Crippen MR) is 138 cm³/mol. The van der Waals surface area contributed by atoms with Crippen LogP contribution in [0.15, 0.2) is 67.3 Å². The first kappa shape index (κ1) is 22.9. The molecule has 8 nitrogen and oxygen atoms in total. The molecule has 0 bridgehead atoms. The smallest absolute Gasteiger partial charge is 0.237 e. The van der Waals surface area contributed by atoms with E-state index < -0.39 is 0 Å². The summed E-state index contributed by atoms with van der Waals surface area (Å²) < 4.78 is 5.33. The molecule has 3 N–H and O–H groups in total. The Labute approximate surface area is 211 Å². The normalized spacial score (nSPS) is 11.0. The lowest BCUT2D eigenvalue weighted by atomic mass is 10.0. The summed E-state index contributed by atoms with van der Waals surface area (Å²) in [6.07, 6.45) is 6.56. The molecule has 5 rings (SSSR count). The summed E-state index contributed by atoms with van der Waals surface area (Å²) >= 11 is 13.7. The molecule has 0 radical (unpaired) electrons.